The number of amides is 3. The molecule has 3 amide bonds. The lowest BCUT2D eigenvalue weighted by Crippen LogP contribution is -2.43. The fourth-order valence-electron chi connectivity index (χ4n) is 3.57. The maximum absolute atomic E-state index is 12.5. The first-order valence-electron chi connectivity index (χ1n) is 11.8. The summed E-state index contributed by atoms with van der Waals surface area (Å²) in [6.45, 7) is 1.91. The number of ether oxygens (including phenoxy) is 2. The van der Waals surface area contributed by atoms with Crippen molar-refractivity contribution in [2.24, 2.45) is 5.92 Å². The van der Waals surface area contributed by atoms with Gasteiger partial charge in [0.2, 0.25) is 5.91 Å². The molecule has 1 aliphatic rings. The predicted molar refractivity (Wildman–Crippen MR) is 130 cm³/mol. The molecule has 1 aliphatic heterocycles. The van der Waals surface area contributed by atoms with E-state index in [9.17, 15) is 24.0 Å². The van der Waals surface area contributed by atoms with Crippen LogP contribution in [0.2, 0.25) is 0 Å². The minimum Gasteiger partial charge on any atom is -0.462 e. The molecule has 10 nitrogen and oxygen atoms in total. The second-order valence-electron chi connectivity index (χ2n) is 8.27. The van der Waals surface area contributed by atoms with Crippen molar-refractivity contribution in [3.05, 3.63) is 65.7 Å². The quantitative estimate of drug-likeness (QED) is 0.294. The lowest BCUT2D eigenvalue weighted by Gasteiger charge is -2.17. The van der Waals surface area contributed by atoms with Gasteiger partial charge in [-0.2, -0.15) is 0 Å². The van der Waals surface area contributed by atoms with E-state index < -0.39 is 36.3 Å². The van der Waals surface area contributed by atoms with Crippen LogP contribution in [-0.2, 0) is 23.9 Å². The van der Waals surface area contributed by atoms with Crippen LogP contribution in [0, 0.1) is 5.92 Å². The first kappa shape index (κ1) is 26.4. The number of esters is 2. The second-order valence-corrected chi connectivity index (χ2v) is 8.27. The zero-order valence-corrected chi connectivity index (χ0v) is 20.0. The molecule has 1 fully saturated rings. The summed E-state index contributed by atoms with van der Waals surface area (Å²) >= 11 is 0. The van der Waals surface area contributed by atoms with Crippen LogP contribution in [0.4, 0.5) is 5.69 Å². The molecular formula is C26H29N3O7. The highest BCUT2D eigenvalue weighted by molar-refractivity contribution is 6.00. The number of rotatable bonds is 10. The van der Waals surface area contributed by atoms with Crippen molar-refractivity contribution in [3.8, 4) is 0 Å². The number of unbranched alkanes of at least 4 members (excludes halogenated alkanes) is 2. The molecule has 0 spiro atoms. The van der Waals surface area contributed by atoms with E-state index in [4.69, 9.17) is 9.47 Å². The highest BCUT2D eigenvalue weighted by atomic mass is 16.5. The SMILES string of the molecule is CCCCCOC(=O)c1ccc(N2C[C@H](C(=O)OCC(=O)NNC(=O)c3ccccc3)CC2=O)cc1. The van der Waals surface area contributed by atoms with Crippen molar-refractivity contribution >= 4 is 35.3 Å². The highest BCUT2D eigenvalue weighted by Gasteiger charge is 2.36. The third-order valence-electron chi connectivity index (χ3n) is 5.55. The highest BCUT2D eigenvalue weighted by Crippen LogP contribution is 2.26. The molecule has 0 unspecified atom stereocenters. The van der Waals surface area contributed by atoms with Gasteiger partial charge in [0, 0.05) is 24.2 Å². The zero-order chi connectivity index (χ0) is 25.9. The van der Waals surface area contributed by atoms with Crippen LogP contribution in [-0.4, -0.2) is 49.4 Å². The van der Waals surface area contributed by atoms with Crippen LogP contribution in [0.3, 0.4) is 0 Å². The van der Waals surface area contributed by atoms with Crippen molar-refractivity contribution in [3.63, 3.8) is 0 Å². The van der Waals surface area contributed by atoms with Crippen LogP contribution >= 0.6 is 0 Å². The number of nitrogens with one attached hydrogen (secondary N) is 2. The summed E-state index contributed by atoms with van der Waals surface area (Å²) < 4.78 is 10.2. The van der Waals surface area contributed by atoms with Crippen LogP contribution in [0.25, 0.3) is 0 Å². The Labute approximate surface area is 208 Å². The lowest BCUT2D eigenvalue weighted by atomic mass is 10.1. The molecule has 0 bridgehead atoms. The van der Waals surface area contributed by atoms with Gasteiger partial charge in [-0.15, -0.1) is 0 Å². The Bertz CT molecular complexity index is 1090. The van der Waals surface area contributed by atoms with Gasteiger partial charge in [-0.1, -0.05) is 38.0 Å². The summed E-state index contributed by atoms with van der Waals surface area (Å²) in [5.74, 6) is -3.36. The minimum absolute atomic E-state index is 0.0631. The van der Waals surface area contributed by atoms with E-state index in [1.807, 2.05) is 0 Å². The summed E-state index contributed by atoms with van der Waals surface area (Å²) in [7, 11) is 0. The largest absolute Gasteiger partial charge is 0.462 e. The molecule has 0 aliphatic carbocycles. The molecular weight excluding hydrogens is 466 g/mol. The number of nitrogens with zero attached hydrogens (tertiary/aromatic N) is 1. The fraction of sp³-hybridized carbons (Fsp3) is 0.346. The summed E-state index contributed by atoms with van der Waals surface area (Å²) in [6.07, 6.45) is 2.77. The summed E-state index contributed by atoms with van der Waals surface area (Å²) in [5, 5.41) is 0. The third-order valence-corrected chi connectivity index (χ3v) is 5.55. The molecule has 1 heterocycles. The molecule has 10 heteroatoms. The van der Waals surface area contributed by atoms with E-state index in [1.165, 1.54) is 4.90 Å². The molecule has 0 radical (unpaired) electrons. The monoisotopic (exact) mass is 495 g/mol. The number of anilines is 1. The average molecular weight is 496 g/mol. The number of benzene rings is 2. The molecule has 2 N–H and O–H groups in total. The van der Waals surface area contributed by atoms with Gasteiger partial charge < -0.3 is 14.4 Å². The number of hydrogen-bond acceptors (Lipinski definition) is 7. The fourth-order valence-corrected chi connectivity index (χ4v) is 3.57. The zero-order valence-electron chi connectivity index (χ0n) is 20.0. The number of hydrogen-bond donors (Lipinski definition) is 2. The van der Waals surface area contributed by atoms with Crippen LogP contribution < -0.4 is 15.8 Å². The Hall–Kier alpha value is -4.21. The van der Waals surface area contributed by atoms with Crippen molar-refractivity contribution in [2.45, 2.75) is 32.6 Å². The molecule has 2 aromatic rings. The Kier molecular flexibility index (Phi) is 9.56. The Balaban J connectivity index is 1.43. The van der Waals surface area contributed by atoms with E-state index in [1.54, 1.807) is 54.6 Å². The van der Waals surface area contributed by atoms with E-state index in [0.717, 1.165) is 19.3 Å². The van der Waals surface area contributed by atoms with E-state index in [2.05, 4.69) is 17.8 Å². The third kappa shape index (κ3) is 7.39. The Morgan fingerprint density at radius 3 is 2.33 bits per heavy atom. The van der Waals surface area contributed by atoms with Crippen molar-refractivity contribution in [1.82, 2.24) is 10.9 Å². The van der Waals surface area contributed by atoms with Gasteiger partial charge in [-0.3, -0.25) is 30.0 Å². The van der Waals surface area contributed by atoms with Gasteiger partial charge in [0.25, 0.3) is 11.8 Å². The van der Waals surface area contributed by atoms with Gasteiger partial charge in [-0.05, 0) is 42.8 Å². The predicted octanol–water partition coefficient (Wildman–Crippen LogP) is 2.39. The number of hydrazine groups is 1. The topological polar surface area (TPSA) is 131 Å². The number of carbonyl (C=O) groups is 5. The normalized spacial score (nSPS) is 14.8. The molecule has 1 saturated heterocycles. The van der Waals surface area contributed by atoms with Crippen LogP contribution in [0.5, 0.6) is 0 Å². The Morgan fingerprint density at radius 1 is 0.917 bits per heavy atom. The van der Waals surface area contributed by atoms with Crippen molar-refractivity contribution in [1.29, 1.82) is 0 Å². The van der Waals surface area contributed by atoms with Gasteiger partial charge >= 0.3 is 11.9 Å². The first-order valence-corrected chi connectivity index (χ1v) is 11.8. The summed E-state index contributed by atoms with van der Waals surface area (Å²) in [4.78, 5) is 62.2. The minimum atomic E-state index is -0.743. The Morgan fingerprint density at radius 2 is 1.64 bits per heavy atom. The van der Waals surface area contributed by atoms with Crippen molar-refractivity contribution in [2.75, 3.05) is 24.7 Å². The van der Waals surface area contributed by atoms with E-state index in [-0.39, 0.29) is 18.9 Å². The summed E-state index contributed by atoms with van der Waals surface area (Å²) in [6, 6.07) is 14.7. The molecule has 0 saturated carbocycles. The van der Waals surface area contributed by atoms with Crippen molar-refractivity contribution < 1.29 is 33.4 Å². The van der Waals surface area contributed by atoms with Gasteiger partial charge in [0.15, 0.2) is 6.61 Å². The number of carbonyl (C=O) groups excluding carboxylic acids is 5. The maximum Gasteiger partial charge on any atom is 0.338 e. The van der Waals surface area contributed by atoms with Crippen LogP contribution in [0.1, 0.15) is 53.3 Å². The molecule has 36 heavy (non-hydrogen) atoms. The molecule has 3 rings (SSSR count). The average Bonchev–Trinajstić information content (AvgIpc) is 3.30. The molecule has 0 aromatic heterocycles. The molecule has 190 valence electrons. The van der Waals surface area contributed by atoms with E-state index >= 15 is 0 Å². The smallest absolute Gasteiger partial charge is 0.338 e. The van der Waals surface area contributed by atoms with Gasteiger partial charge in [-0.25, -0.2) is 4.79 Å². The van der Waals surface area contributed by atoms with E-state index in [0.29, 0.717) is 23.4 Å². The molecule has 2 aromatic carbocycles. The molecule has 1 atom stereocenters. The second kappa shape index (κ2) is 13.0. The van der Waals surface area contributed by atoms with Gasteiger partial charge in [0.1, 0.15) is 0 Å². The summed E-state index contributed by atoms with van der Waals surface area (Å²) in [5.41, 5.74) is 5.68. The van der Waals surface area contributed by atoms with Crippen LogP contribution in [0.15, 0.2) is 54.6 Å². The standard InChI is InChI=1S/C26H29N3O7/c1-2-3-7-14-35-25(33)19-10-12-21(13-11-19)29-16-20(15-23(29)31)26(34)36-17-22(30)27-28-24(32)18-8-5-4-6-9-18/h4-6,8-13,20H,2-3,7,14-17H2,1H3,(H,27,30)(H,28,32)/t20-/m1/s1. The maximum atomic E-state index is 12.5. The lowest BCUT2D eigenvalue weighted by molar-refractivity contribution is -0.152. The van der Waals surface area contributed by atoms with Gasteiger partial charge in [0.05, 0.1) is 18.1 Å². The first-order chi connectivity index (χ1) is 17.4.